The molecular formula is C18H13FN2OS. The number of aromatic hydroxyl groups is 1. The van der Waals surface area contributed by atoms with Crippen LogP contribution in [0.2, 0.25) is 0 Å². The Kier molecular flexibility index (Phi) is 4.18. The van der Waals surface area contributed by atoms with Crippen molar-refractivity contribution in [2.75, 3.05) is 0 Å². The van der Waals surface area contributed by atoms with E-state index in [1.807, 2.05) is 31.2 Å². The molecule has 0 saturated heterocycles. The van der Waals surface area contributed by atoms with Gasteiger partial charge in [0.2, 0.25) is 5.88 Å². The lowest BCUT2D eigenvalue weighted by atomic mass is 10.1. The van der Waals surface area contributed by atoms with Crippen LogP contribution >= 0.6 is 11.8 Å². The van der Waals surface area contributed by atoms with Crippen LogP contribution in [0.15, 0.2) is 47.5 Å². The van der Waals surface area contributed by atoms with E-state index in [9.17, 15) is 9.50 Å². The first-order chi connectivity index (χ1) is 11.1. The molecule has 3 rings (SSSR count). The number of aryl methyl sites for hydroxylation is 1. The summed E-state index contributed by atoms with van der Waals surface area (Å²) < 4.78 is 13.6. The summed E-state index contributed by atoms with van der Waals surface area (Å²) in [4.78, 5) is 4.08. The molecule has 2 aromatic carbocycles. The lowest BCUT2D eigenvalue weighted by Gasteiger charge is -2.09. The topological polar surface area (TPSA) is 56.9 Å². The maximum Gasteiger partial charge on any atom is 0.230 e. The molecule has 1 N–H and O–H groups in total. The molecule has 0 aliphatic carbocycles. The Balaban J connectivity index is 2.03. The van der Waals surface area contributed by atoms with Gasteiger partial charge in [-0.2, -0.15) is 5.26 Å². The van der Waals surface area contributed by atoms with E-state index in [2.05, 4.69) is 11.1 Å². The zero-order valence-electron chi connectivity index (χ0n) is 12.4. The van der Waals surface area contributed by atoms with Crippen molar-refractivity contribution in [3.63, 3.8) is 0 Å². The number of halogens is 1. The molecule has 0 saturated carbocycles. The Morgan fingerprint density at radius 2 is 2.04 bits per heavy atom. The maximum absolute atomic E-state index is 13.6. The number of fused-ring (bicyclic) bond motifs is 1. The Labute approximate surface area is 137 Å². The van der Waals surface area contributed by atoms with E-state index in [1.165, 1.54) is 30.0 Å². The van der Waals surface area contributed by atoms with Crippen molar-refractivity contribution >= 4 is 22.5 Å². The largest absolute Gasteiger partial charge is 0.492 e. The molecule has 3 nitrogen and oxygen atoms in total. The summed E-state index contributed by atoms with van der Waals surface area (Å²) in [6.07, 6.45) is 0. The van der Waals surface area contributed by atoms with E-state index in [0.717, 1.165) is 11.1 Å². The summed E-state index contributed by atoms with van der Waals surface area (Å²) in [6, 6.07) is 14.1. The molecule has 1 heterocycles. The minimum absolute atomic E-state index is 0.0694. The number of hydrogen-bond acceptors (Lipinski definition) is 4. The second kappa shape index (κ2) is 6.27. The highest BCUT2D eigenvalue weighted by molar-refractivity contribution is 7.98. The van der Waals surface area contributed by atoms with Crippen LogP contribution in [-0.2, 0) is 5.75 Å². The fourth-order valence-electron chi connectivity index (χ4n) is 2.42. The SMILES string of the molecule is Cc1cccc(CSc2nc(O)c(C#N)c3ccc(F)cc23)c1. The van der Waals surface area contributed by atoms with Gasteiger partial charge in [0.15, 0.2) is 0 Å². The fourth-order valence-corrected chi connectivity index (χ4v) is 3.38. The van der Waals surface area contributed by atoms with Gasteiger partial charge in [-0.25, -0.2) is 9.37 Å². The fraction of sp³-hybridized carbons (Fsp3) is 0.111. The van der Waals surface area contributed by atoms with Gasteiger partial charge < -0.3 is 5.11 Å². The molecule has 5 heteroatoms. The van der Waals surface area contributed by atoms with Gasteiger partial charge in [-0.1, -0.05) is 29.8 Å². The van der Waals surface area contributed by atoms with Crippen LogP contribution in [0.3, 0.4) is 0 Å². The molecule has 0 unspecified atom stereocenters. The van der Waals surface area contributed by atoms with Crippen molar-refractivity contribution < 1.29 is 9.50 Å². The van der Waals surface area contributed by atoms with E-state index < -0.39 is 5.82 Å². The second-order valence-corrected chi connectivity index (χ2v) is 6.16. The summed E-state index contributed by atoms with van der Waals surface area (Å²) in [5, 5.41) is 20.7. The number of nitriles is 1. The summed E-state index contributed by atoms with van der Waals surface area (Å²) in [5.74, 6) is -0.0735. The van der Waals surface area contributed by atoms with Gasteiger partial charge in [-0.3, -0.25) is 0 Å². The summed E-state index contributed by atoms with van der Waals surface area (Å²) in [6.45, 7) is 2.02. The van der Waals surface area contributed by atoms with Crippen LogP contribution in [0.5, 0.6) is 5.88 Å². The van der Waals surface area contributed by atoms with Crippen molar-refractivity contribution in [2.24, 2.45) is 0 Å². The molecule has 0 aliphatic heterocycles. The van der Waals surface area contributed by atoms with Crippen LogP contribution in [0.1, 0.15) is 16.7 Å². The first kappa shape index (κ1) is 15.3. The van der Waals surface area contributed by atoms with Crippen LogP contribution in [0, 0.1) is 24.1 Å². The van der Waals surface area contributed by atoms with Crippen LogP contribution in [0.25, 0.3) is 10.8 Å². The predicted molar refractivity (Wildman–Crippen MR) is 88.8 cm³/mol. The average Bonchev–Trinajstić information content (AvgIpc) is 2.53. The number of hydrogen-bond donors (Lipinski definition) is 1. The zero-order chi connectivity index (χ0) is 16.4. The Hall–Kier alpha value is -2.58. The molecule has 0 spiro atoms. The zero-order valence-corrected chi connectivity index (χ0v) is 13.2. The van der Waals surface area contributed by atoms with Crippen molar-refractivity contribution in [2.45, 2.75) is 17.7 Å². The molecule has 0 atom stereocenters. The van der Waals surface area contributed by atoms with Crippen LogP contribution < -0.4 is 0 Å². The van der Waals surface area contributed by atoms with Gasteiger partial charge in [0, 0.05) is 16.5 Å². The first-order valence-electron chi connectivity index (χ1n) is 6.99. The van der Waals surface area contributed by atoms with Gasteiger partial charge in [-0.15, -0.1) is 11.8 Å². The molecule has 0 fully saturated rings. The number of nitrogens with zero attached hydrogens (tertiary/aromatic N) is 2. The summed E-state index contributed by atoms with van der Waals surface area (Å²) in [5.41, 5.74) is 2.35. The number of aromatic nitrogens is 1. The predicted octanol–water partition coefficient (Wildman–Crippen LogP) is 4.55. The maximum atomic E-state index is 13.6. The third kappa shape index (κ3) is 3.13. The highest BCUT2D eigenvalue weighted by Crippen LogP contribution is 2.34. The van der Waals surface area contributed by atoms with Crippen molar-refractivity contribution in [3.8, 4) is 11.9 Å². The molecule has 0 radical (unpaired) electrons. The van der Waals surface area contributed by atoms with Crippen LogP contribution in [0.4, 0.5) is 4.39 Å². The van der Waals surface area contributed by atoms with Gasteiger partial charge >= 0.3 is 0 Å². The number of thioether (sulfide) groups is 1. The average molecular weight is 324 g/mol. The smallest absolute Gasteiger partial charge is 0.230 e. The Morgan fingerprint density at radius 1 is 1.22 bits per heavy atom. The van der Waals surface area contributed by atoms with Gasteiger partial charge in [0.1, 0.15) is 22.5 Å². The van der Waals surface area contributed by atoms with E-state index in [0.29, 0.717) is 21.6 Å². The van der Waals surface area contributed by atoms with Gasteiger partial charge in [0.25, 0.3) is 0 Å². The van der Waals surface area contributed by atoms with Crippen molar-refractivity contribution in [1.29, 1.82) is 5.26 Å². The van der Waals surface area contributed by atoms with Gasteiger partial charge in [0.05, 0.1) is 0 Å². The number of pyridine rings is 1. The third-order valence-corrected chi connectivity index (χ3v) is 4.54. The number of rotatable bonds is 3. The molecule has 0 aliphatic rings. The molecule has 114 valence electrons. The molecule has 3 aromatic rings. The molecular weight excluding hydrogens is 311 g/mol. The highest BCUT2D eigenvalue weighted by atomic mass is 32.2. The lowest BCUT2D eigenvalue weighted by Crippen LogP contribution is -1.92. The summed E-state index contributed by atoms with van der Waals surface area (Å²) in [7, 11) is 0. The number of benzene rings is 2. The Morgan fingerprint density at radius 3 is 2.78 bits per heavy atom. The van der Waals surface area contributed by atoms with E-state index in [4.69, 9.17) is 5.26 Å². The van der Waals surface area contributed by atoms with Gasteiger partial charge in [-0.05, 0) is 30.7 Å². The van der Waals surface area contributed by atoms with E-state index >= 15 is 0 Å². The van der Waals surface area contributed by atoms with Crippen LogP contribution in [-0.4, -0.2) is 10.1 Å². The minimum atomic E-state index is -0.397. The molecule has 1 aromatic heterocycles. The van der Waals surface area contributed by atoms with E-state index in [1.54, 1.807) is 0 Å². The molecule has 0 bridgehead atoms. The van der Waals surface area contributed by atoms with Crippen molar-refractivity contribution in [1.82, 2.24) is 4.98 Å². The normalized spacial score (nSPS) is 10.7. The monoisotopic (exact) mass is 324 g/mol. The third-order valence-electron chi connectivity index (χ3n) is 3.48. The second-order valence-electron chi connectivity index (χ2n) is 5.19. The minimum Gasteiger partial charge on any atom is -0.492 e. The highest BCUT2D eigenvalue weighted by Gasteiger charge is 2.14. The lowest BCUT2D eigenvalue weighted by molar-refractivity contribution is 0.448. The standard InChI is InChI=1S/C18H13FN2OS/c1-11-3-2-4-12(7-11)10-23-18-15-8-13(19)5-6-14(15)16(9-20)17(22)21-18/h2-8H,10H2,1H3,(H,21,22). The molecule has 23 heavy (non-hydrogen) atoms. The quantitative estimate of drug-likeness (QED) is 0.718. The van der Waals surface area contributed by atoms with E-state index in [-0.39, 0.29) is 11.4 Å². The summed E-state index contributed by atoms with van der Waals surface area (Å²) >= 11 is 1.41. The Bertz CT molecular complexity index is 934. The molecule has 0 amide bonds. The van der Waals surface area contributed by atoms with Crippen molar-refractivity contribution in [3.05, 3.63) is 65.0 Å². The first-order valence-corrected chi connectivity index (χ1v) is 7.97.